The Labute approximate surface area is 119 Å². The Hall–Kier alpha value is -2.68. The van der Waals surface area contributed by atoms with Gasteiger partial charge in [-0.3, -0.25) is 14.9 Å². The van der Waals surface area contributed by atoms with Gasteiger partial charge in [0.05, 0.1) is 18.6 Å². The highest BCUT2D eigenvalue weighted by Crippen LogP contribution is 2.27. The van der Waals surface area contributed by atoms with E-state index in [0.29, 0.717) is 0 Å². The van der Waals surface area contributed by atoms with Crippen molar-refractivity contribution in [3.8, 4) is 5.75 Å². The van der Waals surface area contributed by atoms with Crippen LogP contribution < -0.4 is 10.1 Å². The maximum Gasteiger partial charge on any atom is 0.329 e. The Balaban J connectivity index is 2.60. The summed E-state index contributed by atoms with van der Waals surface area (Å²) in [5.41, 5.74) is -0.215. The average molecular weight is 298 g/mol. The molecule has 0 aliphatic rings. The maximum atomic E-state index is 11.8. The largest absolute Gasteiger partial charge is 0.490 e. The number of benzene rings is 1. The third-order valence-electron chi connectivity index (χ3n) is 2.40. The van der Waals surface area contributed by atoms with E-state index < -0.39 is 23.4 Å². The Kier molecular flexibility index (Phi) is 6.08. The van der Waals surface area contributed by atoms with Gasteiger partial charge in [-0.15, -0.1) is 0 Å². The minimum Gasteiger partial charge on any atom is -0.490 e. The SMILES string of the molecule is COc1ccc(C(=O)NCCOCC(=O)O)cc1[N+](=O)[O-]. The van der Waals surface area contributed by atoms with Crippen LogP contribution in [0.1, 0.15) is 10.4 Å². The number of hydrogen-bond acceptors (Lipinski definition) is 6. The van der Waals surface area contributed by atoms with E-state index in [1.165, 1.54) is 19.2 Å². The molecule has 9 nitrogen and oxygen atoms in total. The maximum absolute atomic E-state index is 11.8. The number of nitrogens with zero attached hydrogens (tertiary/aromatic N) is 1. The molecule has 0 spiro atoms. The summed E-state index contributed by atoms with van der Waals surface area (Å²) in [5.74, 6) is -1.58. The van der Waals surface area contributed by atoms with Crippen LogP contribution in [0.2, 0.25) is 0 Å². The van der Waals surface area contributed by atoms with Crippen molar-refractivity contribution in [2.24, 2.45) is 0 Å². The smallest absolute Gasteiger partial charge is 0.329 e. The van der Waals surface area contributed by atoms with Crippen LogP contribution in [0.5, 0.6) is 5.75 Å². The number of aliphatic carboxylic acids is 1. The summed E-state index contributed by atoms with van der Waals surface area (Å²) in [6, 6.07) is 3.82. The number of carboxylic acid groups (broad SMARTS) is 1. The van der Waals surface area contributed by atoms with Crippen LogP contribution >= 0.6 is 0 Å². The Morgan fingerprint density at radius 3 is 2.71 bits per heavy atom. The fourth-order valence-electron chi connectivity index (χ4n) is 1.47. The summed E-state index contributed by atoms with van der Waals surface area (Å²) in [4.78, 5) is 32.2. The number of amides is 1. The molecule has 0 saturated carbocycles. The van der Waals surface area contributed by atoms with Crippen molar-refractivity contribution in [1.82, 2.24) is 5.32 Å². The van der Waals surface area contributed by atoms with Gasteiger partial charge >= 0.3 is 11.7 Å². The van der Waals surface area contributed by atoms with Gasteiger partial charge in [-0.1, -0.05) is 0 Å². The first-order valence-corrected chi connectivity index (χ1v) is 5.86. The second-order valence-corrected chi connectivity index (χ2v) is 3.85. The molecule has 0 bridgehead atoms. The van der Waals surface area contributed by atoms with Gasteiger partial charge in [0.1, 0.15) is 6.61 Å². The fourth-order valence-corrected chi connectivity index (χ4v) is 1.47. The van der Waals surface area contributed by atoms with E-state index in [9.17, 15) is 19.7 Å². The van der Waals surface area contributed by atoms with Crippen LogP contribution in [0.4, 0.5) is 5.69 Å². The van der Waals surface area contributed by atoms with Gasteiger partial charge in [0.2, 0.25) is 0 Å². The highest BCUT2D eigenvalue weighted by molar-refractivity contribution is 5.95. The van der Waals surface area contributed by atoms with E-state index in [1.54, 1.807) is 0 Å². The molecule has 114 valence electrons. The summed E-state index contributed by atoms with van der Waals surface area (Å²) in [7, 11) is 1.29. The minimum atomic E-state index is -1.10. The molecule has 0 aliphatic heterocycles. The third kappa shape index (κ3) is 5.07. The van der Waals surface area contributed by atoms with Gasteiger partial charge in [0.15, 0.2) is 5.75 Å². The number of methoxy groups -OCH3 is 1. The molecule has 0 atom stereocenters. The van der Waals surface area contributed by atoms with Gasteiger partial charge < -0.3 is 19.9 Å². The van der Waals surface area contributed by atoms with Gasteiger partial charge in [-0.25, -0.2) is 4.79 Å². The molecule has 0 aliphatic carbocycles. The first-order valence-electron chi connectivity index (χ1n) is 5.86. The molecular weight excluding hydrogens is 284 g/mol. The summed E-state index contributed by atoms with van der Waals surface area (Å²) in [6.45, 7) is -0.341. The van der Waals surface area contributed by atoms with E-state index in [0.717, 1.165) is 6.07 Å². The standard InChI is InChI=1S/C12H14N2O7/c1-20-10-3-2-8(6-9(10)14(18)19)12(17)13-4-5-21-7-11(15)16/h2-3,6H,4-5,7H2,1H3,(H,13,17)(H,15,16). The molecular formula is C12H14N2O7. The van der Waals surface area contributed by atoms with Gasteiger partial charge in [-0.05, 0) is 12.1 Å². The monoisotopic (exact) mass is 298 g/mol. The van der Waals surface area contributed by atoms with Crippen LogP contribution in [-0.2, 0) is 9.53 Å². The number of rotatable bonds is 8. The van der Waals surface area contributed by atoms with Gasteiger partial charge in [0.25, 0.3) is 5.91 Å². The highest BCUT2D eigenvalue weighted by Gasteiger charge is 2.17. The number of carboxylic acids is 1. The van der Waals surface area contributed by atoms with Crippen molar-refractivity contribution < 1.29 is 29.1 Å². The van der Waals surface area contributed by atoms with Crippen molar-refractivity contribution in [3.05, 3.63) is 33.9 Å². The number of hydrogen-bond donors (Lipinski definition) is 2. The lowest BCUT2D eigenvalue weighted by molar-refractivity contribution is -0.385. The molecule has 9 heteroatoms. The normalized spacial score (nSPS) is 9.95. The Bertz CT molecular complexity index is 544. The van der Waals surface area contributed by atoms with E-state index in [4.69, 9.17) is 14.6 Å². The van der Waals surface area contributed by atoms with Crippen molar-refractivity contribution in [2.75, 3.05) is 26.9 Å². The topological polar surface area (TPSA) is 128 Å². The summed E-state index contributed by atoms with van der Waals surface area (Å²) < 4.78 is 9.57. The van der Waals surface area contributed by atoms with Gasteiger partial charge in [0, 0.05) is 18.2 Å². The first-order chi connectivity index (χ1) is 9.95. The molecule has 0 radical (unpaired) electrons. The predicted octanol–water partition coefficient (Wildman–Crippen LogP) is 0.434. The number of nitro groups is 1. The molecule has 1 rings (SSSR count). The molecule has 21 heavy (non-hydrogen) atoms. The fraction of sp³-hybridized carbons (Fsp3) is 0.333. The van der Waals surface area contributed by atoms with Crippen LogP contribution in [0.25, 0.3) is 0 Å². The number of nitrogens with one attached hydrogen (secondary N) is 1. The van der Waals surface area contributed by atoms with Gasteiger partial charge in [-0.2, -0.15) is 0 Å². The zero-order chi connectivity index (χ0) is 15.8. The molecule has 0 unspecified atom stereocenters. The Morgan fingerprint density at radius 1 is 1.43 bits per heavy atom. The molecule has 0 fully saturated rings. The number of nitro benzene ring substituents is 1. The van der Waals surface area contributed by atoms with Crippen LogP contribution in [0.3, 0.4) is 0 Å². The molecule has 1 aromatic rings. The predicted molar refractivity (Wildman–Crippen MR) is 70.4 cm³/mol. The number of carbonyl (C=O) groups excluding carboxylic acids is 1. The van der Waals surface area contributed by atoms with E-state index in [2.05, 4.69) is 5.32 Å². The highest BCUT2D eigenvalue weighted by atomic mass is 16.6. The average Bonchev–Trinajstić information content (AvgIpc) is 2.45. The Morgan fingerprint density at radius 2 is 2.14 bits per heavy atom. The first kappa shape index (κ1) is 16.4. The summed E-state index contributed by atoms with van der Waals surface area (Å²) in [6.07, 6.45) is 0. The lowest BCUT2D eigenvalue weighted by atomic mass is 10.1. The second kappa shape index (κ2) is 7.80. The lowest BCUT2D eigenvalue weighted by Gasteiger charge is -2.07. The third-order valence-corrected chi connectivity index (χ3v) is 2.40. The zero-order valence-electron chi connectivity index (χ0n) is 11.2. The van der Waals surface area contributed by atoms with Crippen LogP contribution in [0.15, 0.2) is 18.2 Å². The molecule has 1 aromatic carbocycles. The number of ether oxygens (including phenoxy) is 2. The van der Waals surface area contributed by atoms with E-state index >= 15 is 0 Å². The molecule has 1 amide bonds. The van der Waals surface area contributed by atoms with Crippen LogP contribution in [0, 0.1) is 10.1 Å². The molecule has 0 saturated heterocycles. The second-order valence-electron chi connectivity index (χ2n) is 3.85. The van der Waals surface area contributed by atoms with Crippen LogP contribution in [-0.4, -0.2) is 48.8 Å². The van der Waals surface area contributed by atoms with Crippen molar-refractivity contribution in [3.63, 3.8) is 0 Å². The van der Waals surface area contributed by atoms with Crippen molar-refractivity contribution in [1.29, 1.82) is 0 Å². The zero-order valence-corrected chi connectivity index (χ0v) is 11.2. The molecule has 0 aromatic heterocycles. The molecule has 0 heterocycles. The molecule has 2 N–H and O–H groups in total. The quantitative estimate of drug-likeness (QED) is 0.404. The number of carbonyl (C=O) groups is 2. The minimum absolute atomic E-state index is 0.0241. The summed E-state index contributed by atoms with van der Waals surface area (Å²) in [5, 5.41) is 21.6. The van der Waals surface area contributed by atoms with E-state index in [1.807, 2.05) is 0 Å². The summed E-state index contributed by atoms with van der Waals surface area (Å²) >= 11 is 0. The van der Waals surface area contributed by atoms with Crippen molar-refractivity contribution in [2.45, 2.75) is 0 Å². The lowest BCUT2D eigenvalue weighted by Crippen LogP contribution is -2.28. The van der Waals surface area contributed by atoms with Crippen molar-refractivity contribution >= 4 is 17.6 Å². The van der Waals surface area contributed by atoms with E-state index in [-0.39, 0.29) is 30.2 Å².